The quantitative estimate of drug-likeness (QED) is 0.327. The number of amidine groups is 1. The Kier molecular flexibility index (Phi) is 7.75. The average molecular weight is 544 g/mol. The lowest BCUT2D eigenvalue weighted by Gasteiger charge is -2.15. The molecule has 33 heavy (non-hydrogen) atoms. The van der Waals surface area contributed by atoms with Crippen LogP contribution >= 0.6 is 39.3 Å². The summed E-state index contributed by atoms with van der Waals surface area (Å²) in [6, 6.07) is 20.8. The molecular formula is C25H20BrClN2O3S. The third kappa shape index (κ3) is 5.99. The van der Waals surface area contributed by atoms with Gasteiger partial charge in [0.1, 0.15) is 6.61 Å². The standard InChI is InChI=1S/C25H20BrClN2O3S/c1-2-31-21-13-16(12-19(26)23(21)32-15-17-8-6-7-11-20(17)27)14-22-24(30)29-25(33-22)28-18-9-4-3-5-10-18/h3-14H,2,15H2,1H3,(H,28,29,30)/b22-14-. The lowest BCUT2D eigenvalue weighted by Crippen LogP contribution is -2.19. The monoisotopic (exact) mass is 542 g/mol. The average Bonchev–Trinajstić information content (AvgIpc) is 3.13. The highest BCUT2D eigenvalue weighted by atomic mass is 79.9. The Morgan fingerprint density at radius 3 is 2.61 bits per heavy atom. The Labute approximate surface area is 210 Å². The van der Waals surface area contributed by atoms with Gasteiger partial charge in [-0.2, -0.15) is 0 Å². The minimum absolute atomic E-state index is 0.192. The van der Waals surface area contributed by atoms with Gasteiger partial charge in [0.05, 0.1) is 21.7 Å². The molecule has 1 heterocycles. The van der Waals surface area contributed by atoms with Crippen molar-refractivity contribution >= 4 is 62.1 Å². The van der Waals surface area contributed by atoms with Gasteiger partial charge in [0.25, 0.3) is 5.91 Å². The fourth-order valence-corrected chi connectivity index (χ4v) is 4.70. The number of aliphatic imine (C=N–C) groups is 1. The van der Waals surface area contributed by atoms with Crippen LogP contribution in [-0.4, -0.2) is 17.7 Å². The molecule has 1 saturated heterocycles. The maximum Gasteiger partial charge on any atom is 0.264 e. The maximum absolute atomic E-state index is 12.5. The lowest BCUT2D eigenvalue weighted by molar-refractivity contribution is -0.115. The fraction of sp³-hybridized carbons (Fsp3) is 0.120. The van der Waals surface area contributed by atoms with Gasteiger partial charge in [-0.25, -0.2) is 4.99 Å². The first-order valence-corrected chi connectivity index (χ1v) is 12.2. The molecule has 0 radical (unpaired) electrons. The van der Waals surface area contributed by atoms with E-state index in [1.807, 2.05) is 73.7 Å². The Morgan fingerprint density at radius 2 is 1.85 bits per heavy atom. The van der Waals surface area contributed by atoms with Crippen molar-refractivity contribution < 1.29 is 14.3 Å². The van der Waals surface area contributed by atoms with Crippen molar-refractivity contribution in [2.75, 3.05) is 6.61 Å². The largest absolute Gasteiger partial charge is 0.490 e. The number of carbonyl (C=O) groups is 1. The van der Waals surface area contributed by atoms with Crippen molar-refractivity contribution in [3.8, 4) is 11.5 Å². The summed E-state index contributed by atoms with van der Waals surface area (Å²) in [6.45, 7) is 2.68. The van der Waals surface area contributed by atoms with Gasteiger partial charge in [-0.15, -0.1) is 0 Å². The predicted octanol–water partition coefficient (Wildman–Crippen LogP) is 6.97. The van der Waals surface area contributed by atoms with Gasteiger partial charge in [-0.1, -0.05) is 48.0 Å². The molecule has 0 atom stereocenters. The SMILES string of the molecule is CCOc1cc(/C=C2\SC(=Nc3ccccc3)NC2=O)cc(Br)c1OCc1ccccc1Cl. The first kappa shape index (κ1) is 23.4. The van der Waals surface area contributed by atoms with E-state index in [9.17, 15) is 4.79 Å². The molecule has 0 saturated carbocycles. The van der Waals surface area contributed by atoms with Crippen LogP contribution in [0.1, 0.15) is 18.1 Å². The molecule has 4 rings (SSSR count). The van der Waals surface area contributed by atoms with Gasteiger partial charge < -0.3 is 14.8 Å². The smallest absolute Gasteiger partial charge is 0.264 e. The molecule has 3 aromatic carbocycles. The number of hydrogen-bond donors (Lipinski definition) is 1. The summed E-state index contributed by atoms with van der Waals surface area (Å²) < 4.78 is 12.6. The molecule has 1 N–H and O–H groups in total. The number of halogens is 2. The highest BCUT2D eigenvalue weighted by Gasteiger charge is 2.24. The van der Waals surface area contributed by atoms with Crippen LogP contribution in [0, 0.1) is 0 Å². The highest BCUT2D eigenvalue weighted by Crippen LogP contribution is 2.39. The molecule has 1 amide bonds. The van der Waals surface area contributed by atoms with Crippen LogP contribution in [0.4, 0.5) is 5.69 Å². The molecule has 168 valence electrons. The molecule has 0 aromatic heterocycles. The first-order chi connectivity index (χ1) is 16.0. The summed E-state index contributed by atoms with van der Waals surface area (Å²) >= 11 is 11.1. The number of rotatable bonds is 7. The number of nitrogens with one attached hydrogen (secondary N) is 1. The topological polar surface area (TPSA) is 59.9 Å². The molecule has 1 aliphatic heterocycles. The second kappa shape index (κ2) is 10.9. The van der Waals surface area contributed by atoms with Crippen molar-refractivity contribution in [1.29, 1.82) is 0 Å². The van der Waals surface area contributed by atoms with E-state index < -0.39 is 0 Å². The third-order valence-corrected chi connectivity index (χ3v) is 6.46. The zero-order chi connectivity index (χ0) is 23.2. The van der Waals surface area contributed by atoms with E-state index in [0.717, 1.165) is 16.8 Å². The van der Waals surface area contributed by atoms with E-state index in [-0.39, 0.29) is 5.91 Å². The minimum Gasteiger partial charge on any atom is -0.490 e. The second-order valence-corrected chi connectivity index (χ2v) is 9.25. The number of thioether (sulfide) groups is 1. The zero-order valence-corrected chi connectivity index (χ0v) is 20.8. The van der Waals surface area contributed by atoms with Gasteiger partial charge in [-0.3, -0.25) is 4.79 Å². The number of carbonyl (C=O) groups excluding carboxylic acids is 1. The van der Waals surface area contributed by atoms with Crippen LogP contribution in [0.5, 0.6) is 11.5 Å². The third-order valence-electron chi connectivity index (χ3n) is 4.60. The lowest BCUT2D eigenvalue weighted by atomic mass is 10.1. The maximum atomic E-state index is 12.5. The summed E-state index contributed by atoms with van der Waals surface area (Å²) in [4.78, 5) is 17.5. The Bertz CT molecular complexity index is 1230. The fourth-order valence-electron chi connectivity index (χ4n) is 3.09. The minimum atomic E-state index is -0.192. The Balaban J connectivity index is 1.57. The van der Waals surface area contributed by atoms with Gasteiger partial charge in [0, 0.05) is 10.6 Å². The second-order valence-electron chi connectivity index (χ2n) is 6.96. The molecule has 1 fully saturated rings. The first-order valence-electron chi connectivity index (χ1n) is 10.2. The molecule has 0 aliphatic carbocycles. The van der Waals surface area contributed by atoms with Crippen molar-refractivity contribution in [3.63, 3.8) is 0 Å². The number of ether oxygens (including phenoxy) is 2. The molecular weight excluding hydrogens is 524 g/mol. The summed E-state index contributed by atoms with van der Waals surface area (Å²) in [5.41, 5.74) is 2.46. The van der Waals surface area contributed by atoms with Crippen molar-refractivity contribution in [1.82, 2.24) is 5.32 Å². The zero-order valence-electron chi connectivity index (χ0n) is 17.7. The van der Waals surface area contributed by atoms with E-state index >= 15 is 0 Å². The number of hydrogen-bond acceptors (Lipinski definition) is 5. The van der Waals surface area contributed by atoms with Gasteiger partial charge in [0.2, 0.25) is 0 Å². The molecule has 0 bridgehead atoms. The number of nitrogens with zero attached hydrogens (tertiary/aromatic N) is 1. The molecule has 8 heteroatoms. The summed E-state index contributed by atoms with van der Waals surface area (Å²) in [5.74, 6) is 0.962. The normalized spacial score (nSPS) is 15.7. The van der Waals surface area contributed by atoms with Gasteiger partial charge >= 0.3 is 0 Å². The summed E-state index contributed by atoms with van der Waals surface area (Å²) in [7, 11) is 0. The number of benzene rings is 3. The number of para-hydroxylation sites is 1. The van der Waals surface area contributed by atoms with E-state index in [1.54, 1.807) is 6.08 Å². The van der Waals surface area contributed by atoms with Gasteiger partial charge in [0.15, 0.2) is 16.7 Å². The van der Waals surface area contributed by atoms with Crippen molar-refractivity contribution in [3.05, 3.63) is 92.3 Å². The van der Waals surface area contributed by atoms with E-state index in [1.165, 1.54) is 11.8 Å². The van der Waals surface area contributed by atoms with E-state index in [2.05, 4.69) is 26.2 Å². The molecule has 0 unspecified atom stereocenters. The van der Waals surface area contributed by atoms with E-state index in [4.69, 9.17) is 21.1 Å². The van der Waals surface area contributed by atoms with Crippen LogP contribution in [0.2, 0.25) is 5.02 Å². The molecule has 5 nitrogen and oxygen atoms in total. The van der Waals surface area contributed by atoms with Crippen LogP contribution in [0.3, 0.4) is 0 Å². The van der Waals surface area contributed by atoms with Crippen molar-refractivity contribution in [2.45, 2.75) is 13.5 Å². The van der Waals surface area contributed by atoms with Crippen molar-refractivity contribution in [2.24, 2.45) is 4.99 Å². The molecule has 0 spiro atoms. The van der Waals surface area contributed by atoms with Crippen LogP contribution < -0.4 is 14.8 Å². The van der Waals surface area contributed by atoms with Gasteiger partial charge in [-0.05, 0) is 76.6 Å². The van der Waals surface area contributed by atoms with E-state index in [0.29, 0.717) is 44.3 Å². The summed E-state index contributed by atoms with van der Waals surface area (Å²) in [6.07, 6.45) is 1.80. The predicted molar refractivity (Wildman–Crippen MR) is 138 cm³/mol. The summed E-state index contributed by atoms with van der Waals surface area (Å²) in [5, 5.41) is 3.99. The molecule has 1 aliphatic rings. The van der Waals surface area contributed by atoms with Crippen LogP contribution in [0.15, 0.2) is 81.1 Å². The highest BCUT2D eigenvalue weighted by molar-refractivity contribution is 9.10. The van der Waals surface area contributed by atoms with Crippen LogP contribution in [-0.2, 0) is 11.4 Å². The van der Waals surface area contributed by atoms with Crippen LogP contribution in [0.25, 0.3) is 6.08 Å². The Morgan fingerprint density at radius 1 is 1.09 bits per heavy atom. The molecule has 3 aromatic rings. The number of amides is 1. The Hall–Kier alpha value is -2.74.